The molecule has 0 saturated carbocycles. The molecule has 2 aromatic carbocycles. The second kappa shape index (κ2) is 8.54. The van der Waals surface area contributed by atoms with E-state index in [0.29, 0.717) is 29.9 Å². The van der Waals surface area contributed by atoms with E-state index in [-0.39, 0.29) is 17.1 Å². The first-order valence-electron chi connectivity index (χ1n) is 7.77. The van der Waals surface area contributed by atoms with E-state index >= 15 is 0 Å². The number of para-hydroxylation sites is 1. The van der Waals surface area contributed by atoms with Gasteiger partial charge in [0.1, 0.15) is 5.75 Å². The average Bonchev–Trinajstić information content (AvgIpc) is 2.59. The maximum absolute atomic E-state index is 12.0. The molecule has 0 heterocycles. The summed E-state index contributed by atoms with van der Waals surface area (Å²) in [5.74, 6) is -0.233. The number of hydrogen-bond acceptors (Lipinski definition) is 5. The fourth-order valence-electron chi connectivity index (χ4n) is 2.23. The molecule has 0 aliphatic rings. The maximum atomic E-state index is 12.0. The van der Waals surface area contributed by atoms with E-state index in [1.165, 1.54) is 18.3 Å². The molecule has 2 aromatic rings. The molecule has 25 heavy (non-hydrogen) atoms. The molecule has 0 aliphatic heterocycles. The number of nitrogens with one attached hydrogen (secondary N) is 1. The van der Waals surface area contributed by atoms with Crippen molar-refractivity contribution in [1.29, 1.82) is 0 Å². The van der Waals surface area contributed by atoms with Crippen molar-refractivity contribution in [2.75, 3.05) is 6.61 Å². The van der Waals surface area contributed by atoms with E-state index in [0.717, 1.165) is 0 Å². The summed E-state index contributed by atoms with van der Waals surface area (Å²) in [6.07, 6.45) is 3.58. The average molecular weight is 340 g/mol. The summed E-state index contributed by atoms with van der Waals surface area (Å²) < 4.78 is 5.41. The summed E-state index contributed by atoms with van der Waals surface area (Å²) in [4.78, 5) is 12.0. The highest BCUT2D eigenvalue weighted by Gasteiger charge is 2.11. The van der Waals surface area contributed by atoms with Gasteiger partial charge >= 0.3 is 0 Å². The summed E-state index contributed by atoms with van der Waals surface area (Å²) in [5.41, 5.74) is 3.78. The molecule has 6 heteroatoms. The number of ether oxygens (including phenoxy) is 1. The molecule has 0 spiro atoms. The van der Waals surface area contributed by atoms with Crippen molar-refractivity contribution in [2.45, 2.75) is 13.3 Å². The Balaban J connectivity index is 2.18. The molecular weight excluding hydrogens is 320 g/mol. The van der Waals surface area contributed by atoms with Gasteiger partial charge in [0.25, 0.3) is 5.91 Å². The van der Waals surface area contributed by atoms with Gasteiger partial charge in [-0.05, 0) is 43.2 Å². The van der Waals surface area contributed by atoms with Gasteiger partial charge in [0.15, 0.2) is 11.5 Å². The minimum Gasteiger partial charge on any atom is -0.507 e. The first kappa shape index (κ1) is 18.1. The molecule has 0 atom stereocenters. The summed E-state index contributed by atoms with van der Waals surface area (Å²) >= 11 is 0. The topological polar surface area (TPSA) is 91.2 Å². The molecule has 3 N–H and O–H groups in total. The van der Waals surface area contributed by atoms with Gasteiger partial charge in [-0.15, -0.1) is 6.58 Å². The monoisotopic (exact) mass is 340 g/mol. The number of carbonyl (C=O) groups excluding carboxylic acids is 1. The molecule has 0 saturated heterocycles. The number of phenols is 2. The number of amides is 1. The highest BCUT2D eigenvalue weighted by atomic mass is 16.5. The van der Waals surface area contributed by atoms with Gasteiger partial charge in [-0.1, -0.05) is 18.2 Å². The van der Waals surface area contributed by atoms with Crippen LogP contribution in [0.2, 0.25) is 0 Å². The van der Waals surface area contributed by atoms with Crippen LogP contribution in [-0.2, 0) is 6.42 Å². The van der Waals surface area contributed by atoms with Crippen LogP contribution in [0.1, 0.15) is 28.4 Å². The summed E-state index contributed by atoms with van der Waals surface area (Å²) in [6, 6.07) is 9.55. The predicted octanol–water partition coefficient (Wildman–Crippen LogP) is 2.99. The first-order chi connectivity index (χ1) is 12.1. The Morgan fingerprint density at radius 3 is 2.76 bits per heavy atom. The minimum atomic E-state index is -0.524. The molecule has 0 fully saturated rings. The van der Waals surface area contributed by atoms with Crippen molar-refractivity contribution in [2.24, 2.45) is 5.10 Å². The lowest BCUT2D eigenvalue weighted by atomic mass is 10.1. The quantitative estimate of drug-likeness (QED) is 0.410. The minimum absolute atomic E-state index is 0.0668. The van der Waals surface area contributed by atoms with Gasteiger partial charge in [-0.3, -0.25) is 4.79 Å². The maximum Gasteiger partial charge on any atom is 0.275 e. The van der Waals surface area contributed by atoms with Crippen LogP contribution in [0.3, 0.4) is 0 Å². The van der Waals surface area contributed by atoms with Crippen molar-refractivity contribution in [3.8, 4) is 17.2 Å². The number of rotatable bonds is 7. The summed E-state index contributed by atoms with van der Waals surface area (Å²) in [5, 5.41) is 23.7. The number of carbonyl (C=O) groups is 1. The molecule has 0 radical (unpaired) electrons. The Morgan fingerprint density at radius 2 is 2.08 bits per heavy atom. The Morgan fingerprint density at radius 1 is 1.32 bits per heavy atom. The largest absolute Gasteiger partial charge is 0.507 e. The third-order valence-corrected chi connectivity index (χ3v) is 3.37. The van der Waals surface area contributed by atoms with E-state index in [4.69, 9.17) is 4.74 Å². The second-order valence-corrected chi connectivity index (χ2v) is 5.17. The molecule has 0 aromatic heterocycles. The number of hydrogen-bond donors (Lipinski definition) is 3. The van der Waals surface area contributed by atoms with E-state index in [1.54, 1.807) is 30.3 Å². The number of aromatic hydroxyl groups is 2. The van der Waals surface area contributed by atoms with E-state index in [9.17, 15) is 15.0 Å². The zero-order valence-corrected chi connectivity index (χ0v) is 13.9. The van der Waals surface area contributed by atoms with Crippen LogP contribution < -0.4 is 10.2 Å². The fraction of sp³-hybridized carbons (Fsp3) is 0.158. The zero-order valence-electron chi connectivity index (χ0n) is 13.9. The number of benzene rings is 2. The van der Waals surface area contributed by atoms with Crippen molar-refractivity contribution >= 4 is 12.1 Å². The van der Waals surface area contributed by atoms with E-state index < -0.39 is 5.91 Å². The van der Waals surface area contributed by atoms with Crippen LogP contribution in [0, 0.1) is 0 Å². The molecule has 1 amide bonds. The van der Waals surface area contributed by atoms with Crippen molar-refractivity contribution in [3.63, 3.8) is 0 Å². The second-order valence-electron chi connectivity index (χ2n) is 5.17. The van der Waals surface area contributed by atoms with Gasteiger partial charge in [-0.2, -0.15) is 5.10 Å². The fourth-order valence-corrected chi connectivity index (χ4v) is 2.23. The Hall–Kier alpha value is -3.28. The smallest absolute Gasteiger partial charge is 0.275 e. The van der Waals surface area contributed by atoms with Crippen molar-refractivity contribution in [3.05, 3.63) is 65.7 Å². The first-order valence-corrected chi connectivity index (χ1v) is 7.77. The Bertz CT molecular complexity index is 800. The molecule has 0 unspecified atom stereocenters. The number of nitrogens with zero attached hydrogens (tertiary/aromatic N) is 1. The number of phenolic OH excluding ortho intramolecular Hbond substituents is 2. The van der Waals surface area contributed by atoms with Gasteiger partial charge in [0.2, 0.25) is 0 Å². The van der Waals surface area contributed by atoms with E-state index in [2.05, 4.69) is 17.1 Å². The van der Waals surface area contributed by atoms with Crippen LogP contribution in [-0.4, -0.2) is 28.9 Å². The van der Waals surface area contributed by atoms with Crippen molar-refractivity contribution < 1.29 is 19.7 Å². The number of hydrazone groups is 1. The Kier molecular flexibility index (Phi) is 6.17. The molecule has 2 rings (SSSR count). The van der Waals surface area contributed by atoms with Gasteiger partial charge in [-0.25, -0.2) is 5.43 Å². The van der Waals surface area contributed by atoms with Crippen LogP contribution in [0.4, 0.5) is 0 Å². The zero-order chi connectivity index (χ0) is 18.2. The third-order valence-electron chi connectivity index (χ3n) is 3.37. The normalized spacial score (nSPS) is 10.6. The molecule has 0 bridgehead atoms. The number of allylic oxidation sites excluding steroid dienone is 1. The van der Waals surface area contributed by atoms with Crippen LogP contribution in [0.15, 0.2) is 54.2 Å². The van der Waals surface area contributed by atoms with Crippen LogP contribution >= 0.6 is 0 Å². The highest BCUT2D eigenvalue weighted by Crippen LogP contribution is 2.31. The van der Waals surface area contributed by atoms with Gasteiger partial charge in [0, 0.05) is 5.56 Å². The molecule has 0 aliphatic carbocycles. The lowest BCUT2D eigenvalue weighted by molar-refractivity contribution is 0.0952. The predicted molar refractivity (Wildman–Crippen MR) is 96.3 cm³/mol. The lowest BCUT2D eigenvalue weighted by Gasteiger charge is -2.10. The van der Waals surface area contributed by atoms with E-state index in [1.807, 2.05) is 6.92 Å². The van der Waals surface area contributed by atoms with Crippen LogP contribution in [0.25, 0.3) is 0 Å². The summed E-state index contributed by atoms with van der Waals surface area (Å²) in [7, 11) is 0. The lowest BCUT2D eigenvalue weighted by Crippen LogP contribution is -2.17. The van der Waals surface area contributed by atoms with Gasteiger partial charge in [0.05, 0.1) is 18.4 Å². The molecular formula is C19H20N2O4. The summed E-state index contributed by atoms with van der Waals surface area (Å²) in [6.45, 7) is 5.89. The van der Waals surface area contributed by atoms with Crippen LogP contribution in [0.5, 0.6) is 17.2 Å². The molecule has 6 nitrogen and oxygen atoms in total. The highest BCUT2D eigenvalue weighted by molar-refractivity contribution is 5.97. The SMILES string of the molecule is C=CCc1cc(/C=N/NC(=O)c2ccccc2O)cc(OCC)c1O. The standard InChI is InChI=1S/C19H20N2O4/c1-3-7-14-10-13(11-17(18(14)23)25-4-2)12-20-21-19(24)15-8-5-6-9-16(15)22/h3,5-6,8-12,22-23H,1,4,7H2,2H3,(H,21,24)/b20-12+. The van der Waals surface area contributed by atoms with Crippen molar-refractivity contribution in [1.82, 2.24) is 5.43 Å². The van der Waals surface area contributed by atoms with Gasteiger partial charge < -0.3 is 14.9 Å². The third kappa shape index (κ3) is 4.60. The Labute approximate surface area is 146 Å². The molecule has 130 valence electrons.